The van der Waals surface area contributed by atoms with Crippen molar-refractivity contribution in [3.05, 3.63) is 0 Å². The van der Waals surface area contributed by atoms with Crippen LogP contribution >= 0.6 is 0 Å². The van der Waals surface area contributed by atoms with Crippen molar-refractivity contribution in [2.75, 3.05) is 19.8 Å². The first-order chi connectivity index (χ1) is 9.58. The summed E-state index contributed by atoms with van der Waals surface area (Å²) >= 11 is 0. The summed E-state index contributed by atoms with van der Waals surface area (Å²) in [7, 11) is 0. The van der Waals surface area contributed by atoms with Crippen LogP contribution in [0.3, 0.4) is 0 Å². The van der Waals surface area contributed by atoms with Crippen LogP contribution in [0.1, 0.15) is 39.0 Å². The van der Waals surface area contributed by atoms with Crippen molar-refractivity contribution < 1.29 is 24.2 Å². The Balaban J connectivity index is 1.80. The minimum Gasteiger partial charge on any atom is -0.481 e. The normalized spacial score (nSPS) is 27.8. The molecule has 6 nitrogen and oxygen atoms in total. The van der Waals surface area contributed by atoms with Crippen LogP contribution in [0.15, 0.2) is 0 Å². The zero-order chi connectivity index (χ0) is 14.5. The molecule has 0 aromatic heterocycles. The maximum atomic E-state index is 12.3. The number of likely N-dealkylation sites (tertiary alicyclic amines) is 1. The van der Waals surface area contributed by atoms with Gasteiger partial charge in [-0.05, 0) is 32.6 Å². The van der Waals surface area contributed by atoms with Crippen molar-refractivity contribution in [2.24, 2.45) is 0 Å². The predicted octanol–water partition coefficient (Wildman–Crippen LogP) is 1.04. The van der Waals surface area contributed by atoms with Gasteiger partial charge in [-0.2, -0.15) is 0 Å². The Kier molecular flexibility index (Phi) is 5.37. The molecule has 0 radical (unpaired) electrons. The van der Waals surface area contributed by atoms with Gasteiger partial charge in [-0.15, -0.1) is 0 Å². The molecular weight excluding hydrogens is 262 g/mol. The summed E-state index contributed by atoms with van der Waals surface area (Å²) in [6.45, 7) is 3.56. The van der Waals surface area contributed by atoms with Gasteiger partial charge in [0.05, 0.1) is 19.1 Å². The summed E-state index contributed by atoms with van der Waals surface area (Å²) in [4.78, 5) is 24.8. The predicted molar refractivity (Wildman–Crippen MR) is 71.4 cm³/mol. The quantitative estimate of drug-likeness (QED) is 0.789. The molecule has 6 heteroatoms. The largest absolute Gasteiger partial charge is 0.481 e. The number of hydrogen-bond donors (Lipinski definition) is 1. The maximum absolute atomic E-state index is 12.3. The second kappa shape index (κ2) is 7.04. The third-order valence-corrected chi connectivity index (χ3v) is 3.97. The molecule has 2 aliphatic heterocycles. The van der Waals surface area contributed by atoms with Gasteiger partial charge in [0, 0.05) is 19.2 Å². The molecule has 2 fully saturated rings. The van der Waals surface area contributed by atoms with Crippen molar-refractivity contribution in [2.45, 2.75) is 57.3 Å². The van der Waals surface area contributed by atoms with Gasteiger partial charge in [-0.3, -0.25) is 9.59 Å². The smallest absolute Gasteiger partial charge is 0.305 e. The van der Waals surface area contributed by atoms with E-state index in [0.29, 0.717) is 13.2 Å². The second-order valence-electron chi connectivity index (χ2n) is 5.54. The Morgan fingerprint density at radius 2 is 2.20 bits per heavy atom. The molecule has 0 saturated carbocycles. The summed E-state index contributed by atoms with van der Waals surface area (Å²) < 4.78 is 11.0. The van der Waals surface area contributed by atoms with E-state index in [4.69, 9.17) is 14.6 Å². The number of hydrogen-bond acceptors (Lipinski definition) is 4. The van der Waals surface area contributed by atoms with Crippen LogP contribution in [0.2, 0.25) is 0 Å². The molecule has 0 unspecified atom stereocenters. The molecule has 2 heterocycles. The molecule has 2 aliphatic rings. The van der Waals surface area contributed by atoms with Gasteiger partial charge in [0.1, 0.15) is 6.10 Å². The minimum atomic E-state index is -0.859. The number of ether oxygens (including phenoxy) is 2. The van der Waals surface area contributed by atoms with Crippen molar-refractivity contribution in [1.29, 1.82) is 0 Å². The highest BCUT2D eigenvalue weighted by atomic mass is 16.5. The molecular formula is C14H23NO5. The van der Waals surface area contributed by atoms with Crippen LogP contribution in [0.4, 0.5) is 0 Å². The highest BCUT2D eigenvalue weighted by Crippen LogP contribution is 2.22. The van der Waals surface area contributed by atoms with Gasteiger partial charge in [0.25, 0.3) is 5.91 Å². The Bertz CT molecular complexity index is 353. The van der Waals surface area contributed by atoms with Gasteiger partial charge in [-0.1, -0.05) is 0 Å². The van der Waals surface area contributed by atoms with E-state index in [1.54, 1.807) is 11.8 Å². The third kappa shape index (κ3) is 3.93. The number of carboxylic acids is 1. The summed E-state index contributed by atoms with van der Waals surface area (Å²) in [6.07, 6.45) is 3.23. The Morgan fingerprint density at radius 1 is 1.40 bits per heavy atom. The highest BCUT2D eigenvalue weighted by molar-refractivity contribution is 5.81. The van der Waals surface area contributed by atoms with Gasteiger partial charge >= 0.3 is 5.97 Å². The monoisotopic (exact) mass is 285 g/mol. The maximum Gasteiger partial charge on any atom is 0.305 e. The molecule has 1 amide bonds. The average Bonchev–Trinajstić information content (AvgIpc) is 3.05. The Labute approximate surface area is 119 Å². The van der Waals surface area contributed by atoms with Crippen molar-refractivity contribution in [3.63, 3.8) is 0 Å². The molecule has 0 aromatic carbocycles. The fourth-order valence-electron chi connectivity index (χ4n) is 2.87. The van der Waals surface area contributed by atoms with E-state index in [1.165, 1.54) is 0 Å². The number of carbonyl (C=O) groups is 2. The van der Waals surface area contributed by atoms with E-state index >= 15 is 0 Å². The minimum absolute atomic E-state index is 0.0181. The Hall–Kier alpha value is -1.14. The molecule has 3 atom stereocenters. The van der Waals surface area contributed by atoms with E-state index in [-0.39, 0.29) is 24.5 Å². The number of aliphatic carboxylic acids is 1. The van der Waals surface area contributed by atoms with Crippen LogP contribution in [0.25, 0.3) is 0 Å². The molecule has 20 heavy (non-hydrogen) atoms. The lowest BCUT2D eigenvalue weighted by molar-refractivity contribution is -0.147. The topological polar surface area (TPSA) is 76.1 Å². The molecule has 0 aliphatic carbocycles. The fraction of sp³-hybridized carbons (Fsp3) is 0.857. The second-order valence-corrected chi connectivity index (χ2v) is 5.54. The van der Waals surface area contributed by atoms with Crippen LogP contribution in [-0.4, -0.2) is 59.9 Å². The van der Waals surface area contributed by atoms with E-state index < -0.39 is 12.1 Å². The number of carboxylic acid groups (broad SMARTS) is 1. The highest BCUT2D eigenvalue weighted by Gasteiger charge is 2.33. The summed E-state index contributed by atoms with van der Waals surface area (Å²) in [5.74, 6) is -0.964. The molecule has 0 spiro atoms. The number of rotatable bonds is 6. The van der Waals surface area contributed by atoms with E-state index in [0.717, 1.165) is 32.3 Å². The lowest BCUT2D eigenvalue weighted by atomic mass is 10.1. The van der Waals surface area contributed by atoms with E-state index in [9.17, 15) is 9.59 Å². The summed E-state index contributed by atoms with van der Waals surface area (Å²) in [5.41, 5.74) is 0. The zero-order valence-electron chi connectivity index (χ0n) is 11.9. The number of amides is 1. The third-order valence-electron chi connectivity index (χ3n) is 3.97. The zero-order valence-corrected chi connectivity index (χ0v) is 11.9. The lowest BCUT2D eigenvalue weighted by Crippen LogP contribution is -2.43. The SMILES string of the molecule is C[C@H](OC[C@@H]1CCCO1)C(=O)N1CCC[C@H]1CC(=O)O. The van der Waals surface area contributed by atoms with Crippen LogP contribution in [0, 0.1) is 0 Å². The molecule has 0 aromatic rings. The lowest BCUT2D eigenvalue weighted by Gasteiger charge is -2.27. The fourth-order valence-corrected chi connectivity index (χ4v) is 2.87. The van der Waals surface area contributed by atoms with Gasteiger partial charge < -0.3 is 19.5 Å². The first kappa shape index (κ1) is 15.3. The summed E-state index contributed by atoms with van der Waals surface area (Å²) in [6, 6.07) is -0.186. The first-order valence-electron chi connectivity index (χ1n) is 7.33. The van der Waals surface area contributed by atoms with Crippen LogP contribution in [0.5, 0.6) is 0 Å². The van der Waals surface area contributed by atoms with Crippen molar-refractivity contribution in [1.82, 2.24) is 4.90 Å². The van der Waals surface area contributed by atoms with Gasteiger partial charge in [-0.25, -0.2) is 0 Å². The van der Waals surface area contributed by atoms with Crippen molar-refractivity contribution in [3.8, 4) is 0 Å². The van der Waals surface area contributed by atoms with Gasteiger partial charge in [0.2, 0.25) is 0 Å². The standard InChI is InChI=1S/C14H23NO5/c1-10(20-9-12-5-3-7-19-12)14(18)15-6-2-4-11(15)8-13(16)17/h10-12H,2-9H2,1H3,(H,16,17)/t10-,11-,12-/m0/s1. The van der Waals surface area contributed by atoms with Crippen LogP contribution < -0.4 is 0 Å². The molecule has 1 N–H and O–H groups in total. The molecule has 2 saturated heterocycles. The Morgan fingerprint density at radius 3 is 2.85 bits per heavy atom. The summed E-state index contributed by atoms with van der Waals surface area (Å²) in [5, 5.41) is 8.87. The molecule has 0 bridgehead atoms. The van der Waals surface area contributed by atoms with Crippen molar-refractivity contribution >= 4 is 11.9 Å². The van der Waals surface area contributed by atoms with Gasteiger partial charge in [0.15, 0.2) is 0 Å². The molecule has 114 valence electrons. The van der Waals surface area contributed by atoms with E-state index in [2.05, 4.69) is 0 Å². The van der Waals surface area contributed by atoms with Crippen LogP contribution in [-0.2, 0) is 19.1 Å². The first-order valence-corrected chi connectivity index (χ1v) is 7.33. The molecule has 2 rings (SSSR count). The van der Waals surface area contributed by atoms with E-state index in [1.807, 2.05) is 0 Å². The number of nitrogens with zero attached hydrogens (tertiary/aromatic N) is 1. The number of carbonyl (C=O) groups excluding carboxylic acids is 1. The average molecular weight is 285 g/mol.